The molecule has 1 saturated heterocycles. The standard InChI is InChI=1S/C18H29N3/c1-5-19-17(21-11-6-7-12-21)20-14-18(3,4)16-10-8-9-15(2)13-16/h8-10,13H,5-7,11-12,14H2,1-4H3,(H,19,20). The Labute approximate surface area is 129 Å². The SMILES string of the molecule is CCNC(=NCC(C)(C)c1cccc(C)c1)N1CCCC1. The van der Waals surface area contributed by atoms with Gasteiger partial charge < -0.3 is 10.2 Å². The lowest BCUT2D eigenvalue weighted by Gasteiger charge is -2.26. The Morgan fingerprint density at radius 1 is 1.29 bits per heavy atom. The number of aliphatic imine (C=N–C) groups is 1. The maximum atomic E-state index is 4.90. The van der Waals surface area contributed by atoms with E-state index < -0.39 is 0 Å². The van der Waals surface area contributed by atoms with Gasteiger partial charge in [0.2, 0.25) is 0 Å². The molecular weight excluding hydrogens is 258 g/mol. The van der Waals surface area contributed by atoms with Crippen molar-refractivity contribution in [3.63, 3.8) is 0 Å². The number of benzene rings is 1. The Morgan fingerprint density at radius 3 is 2.62 bits per heavy atom. The first-order valence-corrected chi connectivity index (χ1v) is 8.13. The van der Waals surface area contributed by atoms with Crippen molar-refractivity contribution in [2.45, 2.75) is 46.0 Å². The van der Waals surface area contributed by atoms with E-state index in [0.29, 0.717) is 0 Å². The lowest BCUT2D eigenvalue weighted by molar-refractivity contribution is 0.480. The van der Waals surface area contributed by atoms with Crippen molar-refractivity contribution in [2.75, 3.05) is 26.2 Å². The summed E-state index contributed by atoms with van der Waals surface area (Å²) in [6, 6.07) is 8.78. The van der Waals surface area contributed by atoms with Gasteiger partial charge in [-0.1, -0.05) is 43.7 Å². The van der Waals surface area contributed by atoms with E-state index >= 15 is 0 Å². The summed E-state index contributed by atoms with van der Waals surface area (Å²) < 4.78 is 0. The molecule has 0 aromatic heterocycles. The topological polar surface area (TPSA) is 27.6 Å². The predicted octanol–water partition coefficient (Wildman–Crippen LogP) is 3.33. The van der Waals surface area contributed by atoms with E-state index in [1.165, 1.54) is 24.0 Å². The maximum Gasteiger partial charge on any atom is 0.193 e. The summed E-state index contributed by atoms with van der Waals surface area (Å²) in [5, 5.41) is 3.44. The van der Waals surface area contributed by atoms with Crippen molar-refractivity contribution in [1.82, 2.24) is 10.2 Å². The van der Waals surface area contributed by atoms with E-state index in [1.54, 1.807) is 0 Å². The molecule has 1 aliphatic rings. The van der Waals surface area contributed by atoms with E-state index in [2.05, 4.69) is 62.2 Å². The molecule has 21 heavy (non-hydrogen) atoms. The van der Waals surface area contributed by atoms with Crippen LogP contribution in [0.15, 0.2) is 29.3 Å². The third-order valence-electron chi connectivity index (χ3n) is 4.16. The number of aryl methyl sites for hydroxylation is 1. The zero-order chi connectivity index (χ0) is 15.3. The van der Waals surface area contributed by atoms with Crippen molar-refractivity contribution in [3.8, 4) is 0 Å². The molecule has 0 amide bonds. The van der Waals surface area contributed by atoms with Gasteiger partial charge in [0.1, 0.15) is 0 Å². The molecule has 3 heteroatoms. The van der Waals surface area contributed by atoms with Crippen LogP contribution < -0.4 is 5.32 Å². The van der Waals surface area contributed by atoms with Crippen LogP contribution in [-0.4, -0.2) is 37.0 Å². The van der Waals surface area contributed by atoms with Gasteiger partial charge in [0.15, 0.2) is 5.96 Å². The lowest BCUT2D eigenvalue weighted by atomic mass is 9.84. The first kappa shape index (κ1) is 15.9. The average Bonchev–Trinajstić information content (AvgIpc) is 2.97. The van der Waals surface area contributed by atoms with Gasteiger partial charge in [0, 0.05) is 25.0 Å². The normalized spacial score (nSPS) is 16.4. The summed E-state index contributed by atoms with van der Waals surface area (Å²) in [5.41, 5.74) is 2.74. The Bertz CT molecular complexity index is 485. The van der Waals surface area contributed by atoms with Gasteiger partial charge in [-0.3, -0.25) is 4.99 Å². The van der Waals surface area contributed by atoms with Crippen LogP contribution in [0.4, 0.5) is 0 Å². The number of nitrogens with zero attached hydrogens (tertiary/aromatic N) is 2. The van der Waals surface area contributed by atoms with Gasteiger partial charge in [0.05, 0.1) is 6.54 Å². The van der Waals surface area contributed by atoms with Crippen molar-refractivity contribution in [3.05, 3.63) is 35.4 Å². The third-order valence-corrected chi connectivity index (χ3v) is 4.16. The molecular formula is C18H29N3. The van der Waals surface area contributed by atoms with Gasteiger partial charge in [0.25, 0.3) is 0 Å². The predicted molar refractivity (Wildman–Crippen MR) is 91.0 cm³/mol. The van der Waals surface area contributed by atoms with Gasteiger partial charge in [-0.15, -0.1) is 0 Å². The second-order valence-electron chi connectivity index (χ2n) is 6.62. The lowest BCUT2D eigenvalue weighted by Crippen LogP contribution is -2.40. The number of rotatable bonds is 4. The van der Waals surface area contributed by atoms with Crippen LogP contribution in [0.5, 0.6) is 0 Å². The second-order valence-corrected chi connectivity index (χ2v) is 6.62. The molecule has 1 fully saturated rings. The first-order valence-electron chi connectivity index (χ1n) is 8.13. The number of nitrogens with one attached hydrogen (secondary N) is 1. The first-order chi connectivity index (χ1) is 10.0. The molecule has 1 N–H and O–H groups in total. The summed E-state index contributed by atoms with van der Waals surface area (Å²) in [6.07, 6.45) is 2.57. The van der Waals surface area contributed by atoms with Crippen molar-refractivity contribution >= 4 is 5.96 Å². The Hall–Kier alpha value is -1.51. The summed E-state index contributed by atoms with van der Waals surface area (Å²) in [5.74, 6) is 1.08. The Kier molecular flexibility index (Phi) is 5.27. The smallest absolute Gasteiger partial charge is 0.193 e. The van der Waals surface area contributed by atoms with Crippen LogP contribution in [-0.2, 0) is 5.41 Å². The van der Waals surface area contributed by atoms with Gasteiger partial charge >= 0.3 is 0 Å². The fourth-order valence-corrected chi connectivity index (χ4v) is 2.78. The summed E-state index contributed by atoms with van der Waals surface area (Å²) in [4.78, 5) is 7.29. The van der Waals surface area contributed by atoms with Crippen LogP contribution in [0.2, 0.25) is 0 Å². The quantitative estimate of drug-likeness (QED) is 0.679. The summed E-state index contributed by atoms with van der Waals surface area (Å²) >= 11 is 0. The fraction of sp³-hybridized carbons (Fsp3) is 0.611. The largest absolute Gasteiger partial charge is 0.357 e. The fourth-order valence-electron chi connectivity index (χ4n) is 2.78. The molecule has 2 rings (SSSR count). The van der Waals surface area contributed by atoms with E-state index in [0.717, 1.165) is 32.1 Å². The molecule has 116 valence electrons. The zero-order valence-electron chi connectivity index (χ0n) is 13.9. The molecule has 1 aliphatic heterocycles. The Balaban J connectivity index is 2.11. The van der Waals surface area contributed by atoms with Crippen LogP contribution in [0.3, 0.4) is 0 Å². The second kappa shape index (κ2) is 6.97. The van der Waals surface area contributed by atoms with Crippen molar-refractivity contribution in [2.24, 2.45) is 4.99 Å². The number of hydrogen-bond donors (Lipinski definition) is 1. The molecule has 0 aliphatic carbocycles. The van der Waals surface area contributed by atoms with Crippen LogP contribution in [0, 0.1) is 6.92 Å². The van der Waals surface area contributed by atoms with E-state index in [9.17, 15) is 0 Å². The molecule has 0 unspecified atom stereocenters. The molecule has 3 nitrogen and oxygen atoms in total. The highest BCUT2D eigenvalue weighted by Gasteiger charge is 2.22. The summed E-state index contributed by atoms with van der Waals surface area (Å²) in [6.45, 7) is 12.9. The molecule has 0 bridgehead atoms. The van der Waals surface area contributed by atoms with Crippen molar-refractivity contribution in [1.29, 1.82) is 0 Å². The highest BCUT2D eigenvalue weighted by molar-refractivity contribution is 5.80. The van der Waals surface area contributed by atoms with E-state index in [1.807, 2.05) is 0 Å². The molecule has 1 aromatic carbocycles. The minimum atomic E-state index is 0.0619. The third kappa shape index (κ3) is 4.23. The van der Waals surface area contributed by atoms with Gasteiger partial charge in [-0.05, 0) is 32.3 Å². The number of guanidine groups is 1. The molecule has 0 saturated carbocycles. The van der Waals surface area contributed by atoms with E-state index in [-0.39, 0.29) is 5.41 Å². The Morgan fingerprint density at radius 2 is 2.00 bits per heavy atom. The maximum absolute atomic E-state index is 4.90. The van der Waals surface area contributed by atoms with Gasteiger partial charge in [-0.2, -0.15) is 0 Å². The minimum absolute atomic E-state index is 0.0619. The molecule has 0 radical (unpaired) electrons. The number of likely N-dealkylation sites (tertiary alicyclic amines) is 1. The molecule has 0 atom stereocenters. The number of hydrogen-bond acceptors (Lipinski definition) is 1. The van der Waals surface area contributed by atoms with Crippen LogP contribution in [0.1, 0.15) is 44.7 Å². The van der Waals surface area contributed by atoms with Crippen LogP contribution >= 0.6 is 0 Å². The zero-order valence-corrected chi connectivity index (χ0v) is 13.9. The minimum Gasteiger partial charge on any atom is -0.357 e. The van der Waals surface area contributed by atoms with E-state index in [4.69, 9.17) is 4.99 Å². The summed E-state index contributed by atoms with van der Waals surface area (Å²) in [7, 11) is 0. The highest BCUT2D eigenvalue weighted by atomic mass is 15.3. The van der Waals surface area contributed by atoms with Gasteiger partial charge in [-0.25, -0.2) is 0 Å². The average molecular weight is 287 g/mol. The molecule has 1 aromatic rings. The molecule has 1 heterocycles. The highest BCUT2D eigenvalue weighted by Crippen LogP contribution is 2.24. The monoisotopic (exact) mass is 287 g/mol. The van der Waals surface area contributed by atoms with Crippen molar-refractivity contribution < 1.29 is 0 Å². The van der Waals surface area contributed by atoms with Crippen LogP contribution in [0.25, 0.3) is 0 Å². The molecule has 0 spiro atoms.